The van der Waals surface area contributed by atoms with Gasteiger partial charge >= 0.3 is 0 Å². The Morgan fingerprint density at radius 3 is 2.29 bits per heavy atom. The van der Waals surface area contributed by atoms with Crippen LogP contribution in [0.2, 0.25) is 0 Å². The summed E-state index contributed by atoms with van der Waals surface area (Å²) in [7, 11) is 0. The van der Waals surface area contributed by atoms with E-state index in [9.17, 15) is 0 Å². The first kappa shape index (κ1) is 13.3. The van der Waals surface area contributed by atoms with Crippen molar-refractivity contribution < 1.29 is 0 Å². The predicted octanol–water partition coefficient (Wildman–Crippen LogP) is 1.53. The molecule has 0 bridgehead atoms. The number of nitrogens with two attached hydrogens (primary N) is 1. The van der Waals surface area contributed by atoms with E-state index in [2.05, 4.69) is 9.80 Å². The van der Waals surface area contributed by atoms with E-state index >= 15 is 0 Å². The van der Waals surface area contributed by atoms with Crippen LogP contribution in [-0.4, -0.2) is 55.6 Å². The molecule has 2 N–H and O–H groups in total. The third kappa shape index (κ3) is 4.57. The summed E-state index contributed by atoms with van der Waals surface area (Å²) in [5, 5.41) is 0. The summed E-state index contributed by atoms with van der Waals surface area (Å²) in [4.78, 5) is 5.23. The lowest BCUT2D eigenvalue weighted by Crippen LogP contribution is -2.36. The maximum absolute atomic E-state index is 5.64. The van der Waals surface area contributed by atoms with Crippen molar-refractivity contribution in [1.82, 2.24) is 9.80 Å². The summed E-state index contributed by atoms with van der Waals surface area (Å²) in [6.07, 6.45) is 8.69. The van der Waals surface area contributed by atoms with Gasteiger partial charge in [-0.1, -0.05) is 19.3 Å². The van der Waals surface area contributed by atoms with E-state index in [0.717, 1.165) is 19.0 Å². The molecule has 17 heavy (non-hydrogen) atoms. The molecule has 0 atom stereocenters. The van der Waals surface area contributed by atoms with Gasteiger partial charge in [0.15, 0.2) is 0 Å². The quantitative estimate of drug-likeness (QED) is 0.807. The van der Waals surface area contributed by atoms with Crippen LogP contribution in [0.5, 0.6) is 0 Å². The summed E-state index contributed by atoms with van der Waals surface area (Å²) in [5.41, 5.74) is 5.64. The Labute approximate surface area is 106 Å². The van der Waals surface area contributed by atoms with Crippen molar-refractivity contribution in [3.05, 3.63) is 0 Å². The Bertz CT molecular complexity index is 202. The highest BCUT2D eigenvalue weighted by atomic mass is 15.2. The van der Waals surface area contributed by atoms with E-state index in [1.54, 1.807) is 0 Å². The average Bonchev–Trinajstić information content (AvgIpc) is 2.57. The topological polar surface area (TPSA) is 32.5 Å². The van der Waals surface area contributed by atoms with Crippen molar-refractivity contribution in [2.45, 2.75) is 38.5 Å². The fraction of sp³-hybridized carbons (Fsp3) is 1.00. The maximum Gasteiger partial charge on any atom is 0.0110 e. The van der Waals surface area contributed by atoms with Gasteiger partial charge in [0.2, 0.25) is 0 Å². The van der Waals surface area contributed by atoms with Gasteiger partial charge < -0.3 is 15.5 Å². The van der Waals surface area contributed by atoms with Crippen molar-refractivity contribution in [1.29, 1.82) is 0 Å². The molecule has 2 fully saturated rings. The predicted molar refractivity (Wildman–Crippen MR) is 73.1 cm³/mol. The van der Waals surface area contributed by atoms with Crippen LogP contribution in [-0.2, 0) is 0 Å². The first-order chi connectivity index (χ1) is 8.38. The minimum absolute atomic E-state index is 0.808. The Balaban J connectivity index is 1.70. The Morgan fingerprint density at radius 2 is 1.53 bits per heavy atom. The molecule has 0 unspecified atom stereocenters. The number of hydrogen-bond donors (Lipinski definition) is 1. The van der Waals surface area contributed by atoms with Crippen LogP contribution in [0.25, 0.3) is 0 Å². The fourth-order valence-corrected chi connectivity index (χ4v) is 3.35. The van der Waals surface area contributed by atoms with Gasteiger partial charge in [0.25, 0.3) is 0 Å². The van der Waals surface area contributed by atoms with Gasteiger partial charge in [0.05, 0.1) is 0 Å². The third-order valence-electron chi connectivity index (χ3n) is 4.37. The third-order valence-corrected chi connectivity index (χ3v) is 4.37. The number of rotatable bonds is 4. The fourth-order valence-electron chi connectivity index (χ4n) is 3.35. The first-order valence-corrected chi connectivity index (χ1v) is 7.53. The molecule has 2 aliphatic rings. The molecule has 100 valence electrons. The second kappa shape index (κ2) is 7.34. The molecular formula is C14H29N3. The second-order valence-electron chi connectivity index (χ2n) is 5.79. The minimum atomic E-state index is 0.808. The minimum Gasteiger partial charge on any atom is -0.329 e. The Hall–Kier alpha value is -0.120. The van der Waals surface area contributed by atoms with Gasteiger partial charge in [-0.3, -0.25) is 0 Å². The molecular weight excluding hydrogens is 210 g/mol. The summed E-state index contributed by atoms with van der Waals surface area (Å²) >= 11 is 0. The van der Waals surface area contributed by atoms with Crippen LogP contribution in [0.3, 0.4) is 0 Å². The normalized spacial score (nSPS) is 25.9. The van der Waals surface area contributed by atoms with Crippen molar-refractivity contribution in [2.24, 2.45) is 11.7 Å². The zero-order chi connectivity index (χ0) is 11.9. The summed E-state index contributed by atoms with van der Waals surface area (Å²) in [6, 6.07) is 0. The van der Waals surface area contributed by atoms with Crippen molar-refractivity contribution in [2.75, 3.05) is 45.8 Å². The van der Waals surface area contributed by atoms with Crippen LogP contribution < -0.4 is 5.73 Å². The van der Waals surface area contributed by atoms with Gasteiger partial charge in [-0.15, -0.1) is 0 Å². The van der Waals surface area contributed by atoms with Crippen LogP contribution >= 0.6 is 0 Å². The van der Waals surface area contributed by atoms with E-state index in [4.69, 9.17) is 5.73 Å². The van der Waals surface area contributed by atoms with Crippen LogP contribution in [0.1, 0.15) is 38.5 Å². The lowest BCUT2D eigenvalue weighted by molar-refractivity contribution is 0.202. The Kier molecular flexibility index (Phi) is 5.75. The highest BCUT2D eigenvalue weighted by molar-refractivity contribution is 4.74. The summed E-state index contributed by atoms with van der Waals surface area (Å²) in [5.74, 6) is 0.991. The second-order valence-corrected chi connectivity index (χ2v) is 5.79. The molecule has 1 heterocycles. The lowest BCUT2D eigenvalue weighted by Gasteiger charge is -2.28. The maximum atomic E-state index is 5.64. The molecule has 0 aromatic heterocycles. The molecule has 3 nitrogen and oxygen atoms in total. The smallest absolute Gasteiger partial charge is 0.0110 e. The molecule has 1 saturated carbocycles. The van der Waals surface area contributed by atoms with E-state index in [1.165, 1.54) is 71.2 Å². The van der Waals surface area contributed by atoms with E-state index in [0.29, 0.717) is 0 Å². The van der Waals surface area contributed by atoms with Crippen LogP contribution in [0.4, 0.5) is 0 Å². The van der Waals surface area contributed by atoms with Crippen LogP contribution in [0.15, 0.2) is 0 Å². The summed E-state index contributed by atoms with van der Waals surface area (Å²) in [6.45, 7) is 8.28. The highest BCUT2D eigenvalue weighted by Crippen LogP contribution is 2.24. The van der Waals surface area contributed by atoms with Crippen molar-refractivity contribution in [3.8, 4) is 0 Å². The van der Waals surface area contributed by atoms with Gasteiger partial charge in [-0.2, -0.15) is 0 Å². The molecule has 1 aliphatic heterocycles. The van der Waals surface area contributed by atoms with Crippen molar-refractivity contribution in [3.63, 3.8) is 0 Å². The van der Waals surface area contributed by atoms with E-state index in [-0.39, 0.29) is 0 Å². The number of nitrogens with zero attached hydrogens (tertiary/aromatic N) is 2. The molecule has 1 saturated heterocycles. The molecule has 0 aromatic rings. The summed E-state index contributed by atoms with van der Waals surface area (Å²) < 4.78 is 0. The van der Waals surface area contributed by atoms with Crippen LogP contribution in [0, 0.1) is 5.92 Å². The van der Waals surface area contributed by atoms with Gasteiger partial charge in [-0.05, 0) is 38.3 Å². The zero-order valence-corrected chi connectivity index (χ0v) is 11.2. The molecule has 0 amide bonds. The molecule has 0 aromatic carbocycles. The first-order valence-electron chi connectivity index (χ1n) is 7.53. The molecule has 3 heteroatoms. The van der Waals surface area contributed by atoms with Gasteiger partial charge in [0.1, 0.15) is 0 Å². The SMILES string of the molecule is NCCN1CCCN(CC2CCCCC2)CC1. The van der Waals surface area contributed by atoms with E-state index < -0.39 is 0 Å². The Morgan fingerprint density at radius 1 is 0.824 bits per heavy atom. The van der Waals surface area contributed by atoms with E-state index in [1.807, 2.05) is 0 Å². The highest BCUT2D eigenvalue weighted by Gasteiger charge is 2.19. The molecule has 0 spiro atoms. The molecule has 1 aliphatic carbocycles. The number of hydrogen-bond acceptors (Lipinski definition) is 3. The lowest BCUT2D eigenvalue weighted by atomic mass is 9.89. The van der Waals surface area contributed by atoms with Gasteiger partial charge in [-0.25, -0.2) is 0 Å². The largest absolute Gasteiger partial charge is 0.329 e. The van der Waals surface area contributed by atoms with Crippen molar-refractivity contribution >= 4 is 0 Å². The average molecular weight is 239 g/mol. The molecule has 0 radical (unpaired) electrons. The molecule has 2 rings (SSSR count). The standard InChI is InChI=1S/C14H29N3/c15-7-10-16-8-4-9-17(12-11-16)13-14-5-2-1-3-6-14/h14H,1-13,15H2. The van der Waals surface area contributed by atoms with Gasteiger partial charge in [0, 0.05) is 32.7 Å². The monoisotopic (exact) mass is 239 g/mol. The zero-order valence-electron chi connectivity index (χ0n) is 11.2.